The van der Waals surface area contributed by atoms with E-state index in [-0.39, 0.29) is 0 Å². The van der Waals surface area contributed by atoms with Gasteiger partial charge in [-0.05, 0) is 43.0 Å². The number of halogens is 1. The molecule has 0 fully saturated rings. The summed E-state index contributed by atoms with van der Waals surface area (Å²) >= 11 is 6.06. The highest BCUT2D eigenvalue weighted by molar-refractivity contribution is 6.32. The van der Waals surface area contributed by atoms with Crippen LogP contribution >= 0.6 is 11.6 Å². The smallest absolute Gasteiger partial charge is 0.325 e. The van der Waals surface area contributed by atoms with E-state index in [0.29, 0.717) is 10.6 Å². The largest absolute Gasteiger partial charge is 0.480 e. The van der Waals surface area contributed by atoms with Gasteiger partial charge in [-0.2, -0.15) is 0 Å². The molecule has 0 spiro atoms. The molecule has 0 bridgehead atoms. The molecule has 0 aliphatic heterocycles. The third kappa shape index (κ3) is 2.13. The van der Waals surface area contributed by atoms with Crippen molar-refractivity contribution in [2.45, 2.75) is 26.8 Å². The molecule has 1 aromatic rings. The molecule has 1 atom stereocenters. The molecular formula is C11H14ClNO2. The van der Waals surface area contributed by atoms with Crippen LogP contribution in [0.5, 0.6) is 0 Å². The van der Waals surface area contributed by atoms with Gasteiger partial charge in [0.1, 0.15) is 6.04 Å². The average molecular weight is 228 g/mol. The Morgan fingerprint density at radius 2 is 1.93 bits per heavy atom. The van der Waals surface area contributed by atoms with Crippen molar-refractivity contribution in [2.24, 2.45) is 5.73 Å². The van der Waals surface area contributed by atoms with E-state index in [0.717, 1.165) is 16.7 Å². The molecule has 0 aliphatic carbocycles. The quantitative estimate of drug-likeness (QED) is 0.815. The van der Waals surface area contributed by atoms with E-state index >= 15 is 0 Å². The zero-order chi connectivity index (χ0) is 11.7. The van der Waals surface area contributed by atoms with E-state index in [2.05, 4.69) is 0 Å². The number of aliphatic carboxylic acids is 1. The summed E-state index contributed by atoms with van der Waals surface area (Å²) in [5, 5.41) is 9.47. The Bertz CT molecular complexity index is 416. The summed E-state index contributed by atoms with van der Waals surface area (Å²) in [5.41, 5.74) is 8.77. The molecule has 1 rings (SSSR count). The van der Waals surface area contributed by atoms with E-state index in [1.165, 1.54) is 0 Å². The van der Waals surface area contributed by atoms with E-state index in [4.69, 9.17) is 22.4 Å². The van der Waals surface area contributed by atoms with Crippen LogP contribution < -0.4 is 5.73 Å². The van der Waals surface area contributed by atoms with Crippen LogP contribution in [0.4, 0.5) is 0 Å². The average Bonchev–Trinajstić information content (AvgIpc) is 2.14. The minimum atomic E-state index is -1.04. The van der Waals surface area contributed by atoms with Gasteiger partial charge < -0.3 is 10.8 Å². The maximum Gasteiger partial charge on any atom is 0.325 e. The van der Waals surface area contributed by atoms with Crippen LogP contribution in [-0.2, 0) is 4.79 Å². The SMILES string of the molecule is Cc1cc(C)c(C(N)C(=O)O)c(C)c1Cl. The number of hydrogen-bond acceptors (Lipinski definition) is 2. The maximum absolute atomic E-state index is 10.8. The normalized spacial score (nSPS) is 12.6. The molecule has 1 unspecified atom stereocenters. The number of carboxylic acids is 1. The van der Waals surface area contributed by atoms with Gasteiger partial charge in [-0.3, -0.25) is 4.79 Å². The third-order valence-corrected chi connectivity index (χ3v) is 3.10. The Hall–Kier alpha value is -1.06. The fourth-order valence-corrected chi connectivity index (χ4v) is 1.93. The lowest BCUT2D eigenvalue weighted by Crippen LogP contribution is -2.23. The zero-order valence-electron chi connectivity index (χ0n) is 8.97. The summed E-state index contributed by atoms with van der Waals surface area (Å²) in [6.45, 7) is 5.52. The van der Waals surface area contributed by atoms with Gasteiger partial charge in [-0.15, -0.1) is 0 Å². The van der Waals surface area contributed by atoms with E-state index in [1.807, 2.05) is 19.9 Å². The number of benzene rings is 1. The van der Waals surface area contributed by atoms with Crippen LogP contribution in [0.1, 0.15) is 28.3 Å². The van der Waals surface area contributed by atoms with Crippen molar-refractivity contribution in [1.82, 2.24) is 0 Å². The first-order valence-corrected chi connectivity index (χ1v) is 4.98. The van der Waals surface area contributed by atoms with Crippen molar-refractivity contribution >= 4 is 17.6 Å². The lowest BCUT2D eigenvalue weighted by Gasteiger charge is -2.16. The fraction of sp³-hybridized carbons (Fsp3) is 0.364. The Morgan fingerprint density at radius 1 is 1.40 bits per heavy atom. The van der Waals surface area contributed by atoms with Gasteiger partial charge in [0, 0.05) is 5.02 Å². The molecule has 0 amide bonds. The van der Waals surface area contributed by atoms with Crippen molar-refractivity contribution in [3.63, 3.8) is 0 Å². The summed E-state index contributed by atoms with van der Waals surface area (Å²) in [7, 11) is 0. The van der Waals surface area contributed by atoms with Gasteiger partial charge in [0.2, 0.25) is 0 Å². The summed E-state index contributed by atoms with van der Waals surface area (Å²) in [5.74, 6) is -1.04. The molecule has 0 aromatic heterocycles. The van der Waals surface area contributed by atoms with Crippen molar-refractivity contribution < 1.29 is 9.90 Å². The number of hydrogen-bond donors (Lipinski definition) is 2. The van der Waals surface area contributed by atoms with Crippen LogP contribution in [0, 0.1) is 20.8 Å². The first-order chi connectivity index (χ1) is 6.86. The van der Waals surface area contributed by atoms with Crippen molar-refractivity contribution in [1.29, 1.82) is 0 Å². The summed E-state index contributed by atoms with van der Waals surface area (Å²) in [4.78, 5) is 10.8. The number of nitrogens with two attached hydrogens (primary N) is 1. The van der Waals surface area contributed by atoms with Crippen molar-refractivity contribution in [3.05, 3.63) is 33.3 Å². The van der Waals surface area contributed by atoms with E-state index < -0.39 is 12.0 Å². The summed E-state index contributed by atoms with van der Waals surface area (Å²) < 4.78 is 0. The molecule has 3 N–H and O–H groups in total. The highest BCUT2D eigenvalue weighted by atomic mass is 35.5. The summed E-state index contributed by atoms with van der Waals surface area (Å²) in [6, 6.07) is 0.844. The minimum Gasteiger partial charge on any atom is -0.480 e. The Kier molecular flexibility index (Phi) is 3.37. The Morgan fingerprint density at radius 3 is 2.40 bits per heavy atom. The number of carbonyl (C=O) groups is 1. The molecule has 0 saturated heterocycles. The first kappa shape index (κ1) is 12.0. The first-order valence-electron chi connectivity index (χ1n) is 4.60. The fourth-order valence-electron chi connectivity index (χ4n) is 1.78. The summed E-state index contributed by atoms with van der Waals surface area (Å²) in [6.07, 6.45) is 0. The molecule has 0 heterocycles. The monoisotopic (exact) mass is 227 g/mol. The highest BCUT2D eigenvalue weighted by Crippen LogP contribution is 2.29. The zero-order valence-corrected chi connectivity index (χ0v) is 9.72. The van der Waals surface area contributed by atoms with Crippen LogP contribution in [-0.4, -0.2) is 11.1 Å². The molecule has 1 aromatic carbocycles. The predicted molar refractivity (Wildman–Crippen MR) is 60.2 cm³/mol. The second-order valence-corrected chi connectivity index (χ2v) is 4.06. The topological polar surface area (TPSA) is 63.3 Å². The van der Waals surface area contributed by atoms with E-state index in [1.54, 1.807) is 6.92 Å². The second-order valence-electron chi connectivity index (χ2n) is 3.68. The van der Waals surface area contributed by atoms with Crippen LogP contribution in [0.2, 0.25) is 5.02 Å². The number of aryl methyl sites for hydroxylation is 2. The molecule has 82 valence electrons. The van der Waals surface area contributed by atoms with Crippen LogP contribution in [0.25, 0.3) is 0 Å². The molecule has 15 heavy (non-hydrogen) atoms. The number of rotatable bonds is 2. The third-order valence-electron chi connectivity index (χ3n) is 2.51. The van der Waals surface area contributed by atoms with Crippen molar-refractivity contribution in [2.75, 3.05) is 0 Å². The molecular weight excluding hydrogens is 214 g/mol. The number of carboxylic acid groups (broad SMARTS) is 1. The Balaban J connectivity index is 3.42. The lowest BCUT2D eigenvalue weighted by atomic mass is 9.94. The minimum absolute atomic E-state index is 0.590. The van der Waals surface area contributed by atoms with Gasteiger partial charge in [-0.1, -0.05) is 17.7 Å². The standard InChI is InChI=1S/C11H14ClNO2/c1-5-4-6(2)9(12)7(3)8(5)10(13)11(14)15/h4,10H,13H2,1-3H3,(H,14,15). The van der Waals surface area contributed by atoms with Gasteiger partial charge >= 0.3 is 5.97 Å². The van der Waals surface area contributed by atoms with Crippen LogP contribution in [0.3, 0.4) is 0 Å². The van der Waals surface area contributed by atoms with Gasteiger partial charge in [0.25, 0.3) is 0 Å². The van der Waals surface area contributed by atoms with Crippen LogP contribution in [0.15, 0.2) is 6.07 Å². The predicted octanol–water partition coefficient (Wildman–Crippen LogP) is 2.35. The molecule has 4 heteroatoms. The maximum atomic E-state index is 10.8. The van der Waals surface area contributed by atoms with Crippen molar-refractivity contribution in [3.8, 4) is 0 Å². The highest BCUT2D eigenvalue weighted by Gasteiger charge is 2.20. The Labute approximate surface area is 93.9 Å². The molecule has 0 radical (unpaired) electrons. The van der Waals surface area contributed by atoms with E-state index in [9.17, 15) is 4.79 Å². The molecule has 0 saturated carbocycles. The molecule has 0 aliphatic rings. The second kappa shape index (κ2) is 4.21. The molecule has 3 nitrogen and oxygen atoms in total. The lowest BCUT2D eigenvalue weighted by molar-refractivity contribution is -0.138. The van der Waals surface area contributed by atoms with Gasteiger partial charge in [0.05, 0.1) is 0 Å². The van der Waals surface area contributed by atoms with Gasteiger partial charge in [-0.25, -0.2) is 0 Å². The van der Waals surface area contributed by atoms with Gasteiger partial charge in [0.15, 0.2) is 0 Å².